The third kappa shape index (κ3) is 1.98. The number of aromatic nitrogens is 4. The molecule has 0 radical (unpaired) electrons. The van der Waals surface area contributed by atoms with E-state index in [4.69, 9.17) is 28.9 Å². The van der Waals surface area contributed by atoms with E-state index in [0.717, 1.165) is 16.6 Å². The lowest BCUT2D eigenvalue weighted by atomic mass is 10.1. The van der Waals surface area contributed by atoms with Crippen LogP contribution in [0, 0.1) is 0 Å². The van der Waals surface area contributed by atoms with Gasteiger partial charge in [0.25, 0.3) is 0 Å². The SMILES string of the molecule is Nc1nc2ccc(-c3cc(Cl)nc(Cl)n3)cc2[nH]1. The van der Waals surface area contributed by atoms with Gasteiger partial charge in [-0.25, -0.2) is 15.0 Å². The fraction of sp³-hybridized carbons (Fsp3) is 0. The summed E-state index contributed by atoms with van der Waals surface area (Å²) in [5, 5.41) is 0.413. The van der Waals surface area contributed by atoms with Gasteiger partial charge in [-0.1, -0.05) is 17.7 Å². The Morgan fingerprint density at radius 2 is 1.89 bits per heavy atom. The van der Waals surface area contributed by atoms with Gasteiger partial charge in [-0.3, -0.25) is 0 Å². The molecule has 7 heteroatoms. The molecule has 0 amide bonds. The largest absolute Gasteiger partial charge is 0.369 e. The highest BCUT2D eigenvalue weighted by Gasteiger charge is 2.07. The minimum atomic E-state index is 0.113. The summed E-state index contributed by atoms with van der Waals surface area (Å²) in [6, 6.07) is 7.25. The van der Waals surface area contributed by atoms with Crippen molar-refractivity contribution in [2.45, 2.75) is 0 Å². The Balaban J connectivity index is 2.18. The molecule has 0 saturated heterocycles. The third-order valence-electron chi connectivity index (χ3n) is 2.46. The van der Waals surface area contributed by atoms with E-state index in [2.05, 4.69) is 19.9 Å². The Bertz CT molecular complexity index is 717. The topological polar surface area (TPSA) is 80.5 Å². The van der Waals surface area contributed by atoms with E-state index in [9.17, 15) is 0 Å². The molecule has 5 nitrogen and oxygen atoms in total. The summed E-state index contributed by atoms with van der Waals surface area (Å²) in [7, 11) is 0. The number of imidazole rings is 1. The molecule has 3 rings (SSSR count). The zero-order valence-electron chi connectivity index (χ0n) is 8.98. The Kier molecular flexibility index (Phi) is 2.57. The predicted molar refractivity (Wildman–Crippen MR) is 71.6 cm³/mol. The quantitative estimate of drug-likeness (QED) is 0.530. The molecule has 0 atom stereocenters. The first-order valence-corrected chi connectivity index (χ1v) is 5.83. The van der Waals surface area contributed by atoms with E-state index < -0.39 is 0 Å². The molecule has 3 N–H and O–H groups in total. The molecule has 0 aliphatic rings. The van der Waals surface area contributed by atoms with Crippen molar-refractivity contribution >= 4 is 40.2 Å². The Labute approximate surface area is 112 Å². The van der Waals surface area contributed by atoms with Crippen LogP contribution >= 0.6 is 23.2 Å². The number of nitrogen functional groups attached to an aromatic ring is 1. The smallest absolute Gasteiger partial charge is 0.224 e. The van der Waals surface area contributed by atoms with Gasteiger partial charge in [0.2, 0.25) is 5.28 Å². The van der Waals surface area contributed by atoms with E-state index in [1.165, 1.54) is 0 Å². The Morgan fingerprint density at radius 1 is 1.06 bits per heavy atom. The van der Waals surface area contributed by atoms with Crippen LogP contribution in [0.1, 0.15) is 0 Å². The van der Waals surface area contributed by atoms with Crippen LogP contribution in [-0.4, -0.2) is 19.9 Å². The van der Waals surface area contributed by atoms with Gasteiger partial charge in [-0.05, 0) is 23.7 Å². The maximum absolute atomic E-state index is 5.85. The number of nitrogens with two attached hydrogens (primary N) is 1. The van der Waals surface area contributed by atoms with Crippen molar-refractivity contribution in [3.8, 4) is 11.3 Å². The molecular formula is C11H7Cl2N5. The van der Waals surface area contributed by atoms with Crippen molar-refractivity contribution in [3.63, 3.8) is 0 Å². The number of nitrogens with one attached hydrogen (secondary N) is 1. The van der Waals surface area contributed by atoms with Gasteiger partial charge in [-0.15, -0.1) is 0 Å². The second-order valence-corrected chi connectivity index (χ2v) is 4.42. The van der Waals surface area contributed by atoms with Gasteiger partial charge in [0.15, 0.2) is 5.95 Å². The van der Waals surface area contributed by atoms with Crippen molar-refractivity contribution in [2.24, 2.45) is 0 Å². The number of nitrogens with zero attached hydrogens (tertiary/aromatic N) is 3. The van der Waals surface area contributed by atoms with E-state index in [-0.39, 0.29) is 5.28 Å². The standard InChI is InChI=1S/C11H7Cl2N5/c12-9-4-7(15-10(13)18-9)5-1-2-6-8(3-5)17-11(14)16-6/h1-4H,(H3,14,16,17). The summed E-state index contributed by atoms with van der Waals surface area (Å²) in [5.41, 5.74) is 8.72. The normalized spacial score (nSPS) is 11.0. The highest BCUT2D eigenvalue weighted by atomic mass is 35.5. The molecule has 2 aromatic heterocycles. The van der Waals surface area contributed by atoms with Gasteiger partial charge in [0.1, 0.15) is 5.15 Å². The lowest BCUT2D eigenvalue weighted by molar-refractivity contribution is 1.17. The van der Waals surface area contributed by atoms with Gasteiger partial charge in [-0.2, -0.15) is 0 Å². The van der Waals surface area contributed by atoms with Gasteiger partial charge in [0, 0.05) is 11.6 Å². The number of H-pyrrole nitrogens is 1. The van der Waals surface area contributed by atoms with Crippen molar-refractivity contribution < 1.29 is 0 Å². The number of anilines is 1. The van der Waals surface area contributed by atoms with Gasteiger partial charge < -0.3 is 10.7 Å². The predicted octanol–water partition coefficient (Wildman–Crippen LogP) is 2.91. The second kappa shape index (κ2) is 4.12. The van der Waals surface area contributed by atoms with E-state index in [1.807, 2.05) is 18.2 Å². The van der Waals surface area contributed by atoms with E-state index in [1.54, 1.807) is 6.07 Å². The number of benzene rings is 1. The van der Waals surface area contributed by atoms with Crippen LogP contribution in [0.5, 0.6) is 0 Å². The fourth-order valence-electron chi connectivity index (χ4n) is 1.73. The first kappa shape index (κ1) is 11.3. The number of hydrogen-bond donors (Lipinski definition) is 2. The zero-order chi connectivity index (χ0) is 12.7. The summed E-state index contributed by atoms with van der Waals surface area (Å²) in [4.78, 5) is 15.0. The van der Waals surface area contributed by atoms with Gasteiger partial charge in [0.05, 0.1) is 16.7 Å². The highest BCUT2D eigenvalue weighted by Crippen LogP contribution is 2.24. The maximum atomic E-state index is 5.85. The molecule has 2 heterocycles. The zero-order valence-corrected chi connectivity index (χ0v) is 10.5. The van der Waals surface area contributed by atoms with Crippen molar-refractivity contribution in [1.82, 2.24) is 19.9 Å². The van der Waals surface area contributed by atoms with E-state index >= 15 is 0 Å². The van der Waals surface area contributed by atoms with Crippen LogP contribution in [0.3, 0.4) is 0 Å². The first-order valence-electron chi connectivity index (χ1n) is 5.07. The molecular weight excluding hydrogens is 273 g/mol. The number of aromatic amines is 1. The van der Waals surface area contributed by atoms with Crippen LogP contribution < -0.4 is 5.73 Å². The van der Waals surface area contributed by atoms with Crippen LogP contribution in [0.4, 0.5) is 5.95 Å². The molecule has 0 bridgehead atoms. The van der Waals surface area contributed by atoms with Crippen molar-refractivity contribution in [2.75, 3.05) is 5.73 Å². The molecule has 0 spiro atoms. The molecule has 0 unspecified atom stereocenters. The lowest BCUT2D eigenvalue weighted by Gasteiger charge is -2.01. The monoisotopic (exact) mass is 279 g/mol. The molecule has 0 aliphatic heterocycles. The molecule has 3 aromatic rings. The molecule has 0 fully saturated rings. The number of rotatable bonds is 1. The number of halogens is 2. The summed E-state index contributed by atoms with van der Waals surface area (Å²) in [6.45, 7) is 0. The summed E-state index contributed by atoms with van der Waals surface area (Å²) < 4.78 is 0. The average Bonchev–Trinajstić information content (AvgIpc) is 2.66. The minimum Gasteiger partial charge on any atom is -0.369 e. The molecule has 90 valence electrons. The van der Waals surface area contributed by atoms with Gasteiger partial charge >= 0.3 is 0 Å². The average molecular weight is 280 g/mol. The maximum Gasteiger partial charge on any atom is 0.224 e. The summed E-state index contributed by atoms with van der Waals surface area (Å²) in [6.07, 6.45) is 0. The minimum absolute atomic E-state index is 0.113. The molecule has 18 heavy (non-hydrogen) atoms. The van der Waals surface area contributed by atoms with Crippen molar-refractivity contribution in [1.29, 1.82) is 0 Å². The van der Waals surface area contributed by atoms with Crippen LogP contribution in [-0.2, 0) is 0 Å². The number of fused-ring (bicyclic) bond motifs is 1. The Morgan fingerprint density at radius 3 is 2.67 bits per heavy atom. The number of hydrogen-bond acceptors (Lipinski definition) is 4. The van der Waals surface area contributed by atoms with E-state index in [0.29, 0.717) is 16.8 Å². The molecule has 0 aliphatic carbocycles. The van der Waals surface area contributed by atoms with Crippen LogP contribution in [0.15, 0.2) is 24.3 Å². The third-order valence-corrected chi connectivity index (χ3v) is 2.83. The summed E-state index contributed by atoms with van der Waals surface area (Å²) in [5.74, 6) is 0.376. The summed E-state index contributed by atoms with van der Waals surface area (Å²) >= 11 is 11.6. The fourth-order valence-corrected chi connectivity index (χ4v) is 2.14. The second-order valence-electron chi connectivity index (χ2n) is 3.70. The lowest BCUT2D eigenvalue weighted by Crippen LogP contribution is -1.88. The van der Waals surface area contributed by atoms with Crippen LogP contribution in [0.2, 0.25) is 10.4 Å². The molecule has 0 saturated carbocycles. The molecule has 1 aromatic carbocycles. The van der Waals surface area contributed by atoms with Crippen LogP contribution in [0.25, 0.3) is 22.3 Å². The Hall–Kier alpha value is -1.85. The first-order chi connectivity index (χ1) is 8.61. The highest BCUT2D eigenvalue weighted by molar-refractivity contribution is 6.32. The van der Waals surface area contributed by atoms with Crippen molar-refractivity contribution in [3.05, 3.63) is 34.7 Å².